The Morgan fingerprint density at radius 1 is 1.10 bits per heavy atom. The van der Waals surface area contributed by atoms with Crippen LogP contribution in [0.2, 0.25) is 0 Å². The molecule has 0 radical (unpaired) electrons. The lowest BCUT2D eigenvalue weighted by molar-refractivity contribution is -0.122. The van der Waals surface area contributed by atoms with E-state index in [4.69, 9.17) is 9.47 Å². The lowest BCUT2D eigenvalue weighted by Crippen LogP contribution is -2.54. The minimum atomic E-state index is -1.02. The lowest BCUT2D eigenvalue weighted by atomic mass is 10.1. The molecule has 1 fully saturated rings. The highest BCUT2D eigenvalue weighted by molar-refractivity contribution is 6.39. The molecule has 1 heterocycles. The van der Waals surface area contributed by atoms with Gasteiger partial charge < -0.3 is 9.47 Å². The molecule has 3 rings (SSSR count). The van der Waals surface area contributed by atoms with E-state index in [0.29, 0.717) is 28.6 Å². The fourth-order valence-electron chi connectivity index (χ4n) is 2.83. The second kappa shape index (κ2) is 9.04. The van der Waals surface area contributed by atoms with Crippen molar-refractivity contribution in [1.29, 1.82) is 0 Å². The van der Waals surface area contributed by atoms with Crippen molar-refractivity contribution in [3.05, 3.63) is 72.1 Å². The van der Waals surface area contributed by atoms with Crippen molar-refractivity contribution in [1.82, 2.24) is 5.32 Å². The van der Waals surface area contributed by atoms with Crippen LogP contribution in [0.4, 0.5) is 14.9 Å². The lowest BCUT2D eigenvalue weighted by Gasteiger charge is -2.26. The van der Waals surface area contributed by atoms with Gasteiger partial charge in [0.1, 0.15) is 18.0 Å². The first-order valence-corrected chi connectivity index (χ1v) is 9.12. The van der Waals surface area contributed by atoms with Crippen LogP contribution in [-0.2, 0) is 9.59 Å². The van der Waals surface area contributed by atoms with Crippen LogP contribution in [-0.4, -0.2) is 31.1 Å². The summed E-state index contributed by atoms with van der Waals surface area (Å²) in [6, 6.07) is 9.14. The number of para-hydroxylation sites is 1. The molecule has 0 aliphatic carbocycles. The summed E-state index contributed by atoms with van der Waals surface area (Å²) in [5.74, 6) is -1.68. The smallest absolute Gasteiger partial charge is 0.336 e. The molecule has 2 aromatic rings. The van der Waals surface area contributed by atoms with Crippen molar-refractivity contribution in [2.45, 2.75) is 6.92 Å². The number of benzene rings is 2. The van der Waals surface area contributed by atoms with Gasteiger partial charge in [-0.05, 0) is 42.8 Å². The van der Waals surface area contributed by atoms with E-state index < -0.39 is 23.7 Å². The van der Waals surface area contributed by atoms with Gasteiger partial charge in [0.05, 0.1) is 12.3 Å². The molecular weight excluding hydrogens is 391 g/mol. The Bertz CT molecular complexity index is 1050. The summed E-state index contributed by atoms with van der Waals surface area (Å²) >= 11 is 0. The Labute approximate surface area is 172 Å². The summed E-state index contributed by atoms with van der Waals surface area (Å²) in [4.78, 5) is 37.9. The van der Waals surface area contributed by atoms with Gasteiger partial charge in [0.25, 0.3) is 11.8 Å². The summed E-state index contributed by atoms with van der Waals surface area (Å²) in [7, 11) is 0. The first-order chi connectivity index (χ1) is 14.5. The minimum Gasteiger partial charge on any atom is -0.490 e. The van der Waals surface area contributed by atoms with E-state index in [-0.39, 0.29) is 17.9 Å². The van der Waals surface area contributed by atoms with Crippen molar-refractivity contribution in [3.63, 3.8) is 0 Å². The fourth-order valence-corrected chi connectivity index (χ4v) is 2.83. The quantitative estimate of drug-likeness (QED) is 0.429. The van der Waals surface area contributed by atoms with E-state index in [2.05, 4.69) is 11.9 Å². The van der Waals surface area contributed by atoms with Gasteiger partial charge in [-0.15, -0.1) is 0 Å². The zero-order valence-electron chi connectivity index (χ0n) is 16.2. The highest BCUT2D eigenvalue weighted by atomic mass is 19.1. The maximum Gasteiger partial charge on any atom is 0.336 e. The maximum atomic E-state index is 14.1. The molecule has 0 spiro atoms. The number of ether oxygens (including phenoxy) is 2. The number of carbonyl (C=O) groups is 3. The molecule has 0 bridgehead atoms. The van der Waals surface area contributed by atoms with Crippen LogP contribution in [0.5, 0.6) is 11.5 Å². The summed E-state index contributed by atoms with van der Waals surface area (Å²) in [6.45, 7) is 6.05. The topological polar surface area (TPSA) is 84.9 Å². The molecule has 4 amide bonds. The summed E-state index contributed by atoms with van der Waals surface area (Å²) < 4.78 is 25.2. The summed E-state index contributed by atoms with van der Waals surface area (Å²) in [5.41, 5.74) is -0.104. The van der Waals surface area contributed by atoms with Gasteiger partial charge in [-0.2, -0.15) is 0 Å². The Balaban J connectivity index is 1.99. The molecule has 7 nitrogen and oxygen atoms in total. The van der Waals surface area contributed by atoms with E-state index >= 15 is 0 Å². The summed E-state index contributed by atoms with van der Waals surface area (Å²) in [5, 5.41) is 2.06. The van der Waals surface area contributed by atoms with E-state index in [0.717, 1.165) is 6.07 Å². The molecule has 1 saturated heterocycles. The molecular formula is C22H19FN2O5. The van der Waals surface area contributed by atoms with Gasteiger partial charge in [-0.3, -0.25) is 14.9 Å². The second-order valence-electron chi connectivity index (χ2n) is 6.15. The van der Waals surface area contributed by atoms with E-state index in [1.54, 1.807) is 31.2 Å². The van der Waals surface area contributed by atoms with Crippen molar-refractivity contribution >= 4 is 29.6 Å². The average Bonchev–Trinajstić information content (AvgIpc) is 2.72. The average molecular weight is 410 g/mol. The van der Waals surface area contributed by atoms with Crippen LogP contribution in [0.3, 0.4) is 0 Å². The maximum absolute atomic E-state index is 14.1. The molecule has 8 heteroatoms. The number of nitrogens with one attached hydrogen (secondary N) is 1. The number of amides is 4. The first-order valence-electron chi connectivity index (χ1n) is 9.12. The first kappa shape index (κ1) is 20.8. The molecule has 2 aromatic carbocycles. The predicted molar refractivity (Wildman–Crippen MR) is 109 cm³/mol. The van der Waals surface area contributed by atoms with Crippen LogP contribution in [0, 0.1) is 5.82 Å². The third-order valence-electron chi connectivity index (χ3n) is 4.13. The number of carbonyl (C=O) groups excluding carboxylic acids is 3. The number of barbiturate groups is 1. The highest BCUT2D eigenvalue weighted by Crippen LogP contribution is 2.30. The largest absolute Gasteiger partial charge is 0.490 e. The fraction of sp³-hybridized carbons (Fsp3) is 0.136. The molecule has 0 saturated carbocycles. The van der Waals surface area contributed by atoms with Gasteiger partial charge in [0.2, 0.25) is 0 Å². The van der Waals surface area contributed by atoms with E-state index in [9.17, 15) is 18.8 Å². The van der Waals surface area contributed by atoms with Crippen molar-refractivity contribution in [2.75, 3.05) is 18.1 Å². The summed E-state index contributed by atoms with van der Waals surface area (Å²) in [6.07, 6.45) is 2.89. The second-order valence-corrected chi connectivity index (χ2v) is 6.15. The zero-order valence-corrected chi connectivity index (χ0v) is 16.2. The van der Waals surface area contributed by atoms with Gasteiger partial charge in [0.15, 0.2) is 11.5 Å². The Kier molecular flexibility index (Phi) is 6.26. The Hall–Kier alpha value is -3.94. The zero-order chi connectivity index (χ0) is 21.7. The van der Waals surface area contributed by atoms with Gasteiger partial charge in [-0.25, -0.2) is 14.1 Å². The third-order valence-corrected chi connectivity index (χ3v) is 4.13. The normalized spacial score (nSPS) is 15.2. The number of rotatable bonds is 7. The number of nitrogens with zero attached hydrogens (tertiary/aromatic N) is 1. The van der Waals surface area contributed by atoms with E-state index in [1.165, 1.54) is 24.3 Å². The van der Waals surface area contributed by atoms with Crippen molar-refractivity contribution < 1.29 is 28.2 Å². The highest BCUT2D eigenvalue weighted by Gasteiger charge is 2.37. The van der Waals surface area contributed by atoms with Crippen molar-refractivity contribution in [2.24, 2.45) is 0 Å². The number of urea groups is 1. The number of hydrogen-bond donors (Lipinski definition) is 1. The Morgan fingerprint density at radius 3 is 2.57 bits per heavy atom. The van der Waals surface area contributed by atoms with Crippen molar-refractivity contribution in [3.8, 4) is 11.5 Å². The minimum absolute atomic E-state index is 0.249. The Morgan fingerprint density at radius 2 is 1.87 bits per heavy atom. The monoisotopic (exact) mass is 410 g/mol. The molecule has 30 heavy (non-hydrogen) atoms. The number of imide groups is 2. The van der Waals surface area contributed by atoms with Gasteiger partial charge in [0, 0.05) is 0 Å². The van der Waals surface area contributed by atoms with Gasteiger partial charge in [-0.1, -0.05) is 30.9 Å². The molecule has 1 aliphatic rings. The van der Waals surface area contributed by atoms with Crippen LogP contribution >= 0.6 is 0 Å². The number of hydrogen-bond acceptors (Lipinski definition) is 5. The predicted octanol–water partition coefficient (Wildman–Crippen LogP) is 3.46. The number of anilines is 1. The molecule has 0 unspecified atom stereocenters. The molecule has 1 N–H and O–H groups in total. The molecule has 0 aromatic heterocycles. The van der Waals surface area contributed by atoms with Crippen LogP contribution in [0.15, 0.2) is 60.7 Å². The SMILES string of the molecule is C=CCOc1ccc(C=C2C(=O)NC(=O)N(c3ccccc3F)C2=O)cc1OCC. The standard InChI is InChI=1S/C22H19FN2O5/c1-3-11-30-18-10-9-14(13-19(18)29-4-2)12-15-20(26)24-22(28)25(21(15)27)17-8-6-5-7-16(17)23/h3,5-10,12-13H,1,4,11H2,2H3,(H,24,26,28). The molecule has 154 valence electrons. The van der Waals surface area contributed by atoms with Crippen LogP contribution in [0.1, 0.15) is 12.5 Å². The van der Waals surface area contributed by atoms with E-state index in [1.807, 2.05) is 0 Å². The number of halogens is 1. The molecule has 1 aliphatic heterocycles. The van der Waals surface area contributed by atoms with Gasteiger partial charge >= 0.3 is 6.03 Å². The molecule has 0 atom stereocenters. The van der Waals surface area contributed by atoms with Crippen LogP contribution in [0.25, 0.3) is 6.08 Å². The van der Waals surface area contributed by atoms with Crippen LogP contribution < -0.4 is 19.7 Å². The third kappa shape index (κ3) is 4.22.